The summed E-state index contributed by atoms with van der Waals surface area (Å²) in [6.45, 7) is 8.63. The van der Waals surface area contributed by atoms with E-state index in [1.165, 1.54) is 5.56 Å². The largest absolute Gasteiger partial charge is 0.444 e. The predicted octanol–water partition coefficient (Wildman–Crippen LogP) is 4.03. The van der Waals surface area contributed by atoms with Gasteiger partial charge in [0.05, 0.1) is 0 Å². The van der Waals surface area contributed by atoms with Gasteiger partial charge in [-0.2, -0.15) is 0 Å². The summed E-state index contributed by atoms with van der Waals surface area (Å²) in [4.78, 5) is 16.1. The second-order valence-electron chi connectivity index (χ2n) is 6.70. The highest BCUT2D eigenvalue weighted by molar-refractivity contribution is 5.67. The molecule has 0 aliphatic heterocycles. The number of benzene rings is 1. The number of carbonyl (C=O) groups excluding carboxylic acids is 1. The van der Waals surface area contributed by atoms with Crippen molar-refractivity contribution in [1.82, 2.24) is 10.3 Å². The Kier molecular flexibility index (Phi) is 5.79. The standard InChI is InChI=1S/C19H25N3O2/c1-14-10-16(13-22-18(23)24-19(2,3)4)12-21-17(14)20-11-15-8-6-5-7-9-15/h5-10,12H,11,13H2,1-4H3,(H,20,21)(H,22,23). The van der Waals surface area contributed by atoms with Crippen LogP contribution in [0.25, 0.3) is 0 Å². The Morgan fingerprint density at radius 3 is 2.46 bits per heavy atom. The number of rotatable bonds is 5. The fraction of sp³-hybridized carbons (Fsp3) is 0.368. The SMILES string of the molecule is Cc1cc(CNC(=O)OC(C)(C)C)cnc1NCc1ccccc1. The summed E-state index contributed by atoms with van der Waals surface area (Å²) in [6.07, 6.45) is 1.34. The average molecular weight is 327 g/mol. The Labute approximate surface area is 143 Å². The van der Waals surface area contributed by atoms with Crippen molar-refractivity contribution < 1.29 is 9.53 Å². The lowest BCUT2D eigenvalue weighted by atomic mass is 10.2. The molecule has 1 amide bonds. The quantitative estimate of drug-likeness (QED) is 0.870. The molecule has 1 aromatic heterocycles. The molecule has 0 spiro atoms. The second kappa shape index (κ2) is 7.81. The van der Waals surface area contributed by atoms with E-state index in [1.54, 1.807) is 6.20 Å². The summed E-state index contributed by atoms with van der Waals surface area (Å²) in [6, 6.07) is 12.2. The van der Waals surface area contributed by atoms with Crippen molar-refractivity contribution in [3.8, 4) is 0 Å². The van der Waals surface area contributed by atoms with Crippen molar-refractivity contribution in [1.29, 1.82) is 0 Å². The van der Waals surface area contributed by atoms with Gasteiger partial charge in [-0.05, 0) is 50.5 Å². The van der Waals surface area contributed by atoms with Gasteiger partial charge >= 0.3 is 6.09 Å². The lowest BCUT2D eigenvalue weighted by molar-refractivity contribution is 0.0523. The molecule has 2 aromatic rings. The molecule has 0 atom stereocenters. The maximum Gasteiger partial charge on any atom is 0.407 e. The van der Waals surface area contributed by atoms with E-state index in [1.807, 2.05) is 52.0 Å². The minimum atomic E-state index is -0.497. The topological polar surface area (TPSA) is 63.2 Å². The highest BCUT2D eigenvalue weighted by atomic mass is 16.6. The Morgan fingerprint density at radius 1 is 1.12 bits per heavy atom. The zero-order chi connectivity index (χ0) is 17.6. The Bertz CT molecular complexity index is 679. The second-order valence-corrected chi connectivity index (χ2v) is 6.70. The lowest BCUT2D eigenvalue weighted by Crippen LogP contribution is -2.32. The number of anilines is 1. The van der Waals surface area contributed by atoms with Crippen LogP contribution in [0.5, 0.6) is 0 Å². The van der Waals surface area contributed by atoms with Crippen molar-refractivity contribution in [2.45, 2.75) is 46.4 Å². The number of hydrogen-bond acceptors (Lipinski definition) is 4. The third-order valence-corrected chi connectivity index (χ3v) is 3.27. The fourth-order valence-electron chi connectivity index (χ4n) is 2.18. The van der Waals surface area contributed by atoms with Crippen molar-refractivity contribution in [2.75, 3.05) is 5.32 Å². The molecule has 0 saturated carbocycles. The molecule has 0 saturated heterocycles. The number of aromatic nitrogens is 1. The van der Waals surface area contributed by atoms with Gasteiger partial charge in [0.1, 0.15) is 11.4 Å². The Hall–Kier alpha value is -2.56. The third kappa shape index (κ3) is 5.91. The number of alkyl carbamates (subject to hydrolysis) is 1. The van der Waals surface area contributed by atoms with Crippen LogP contribution < -0.4 is 10.6 Å². The van der Waals surface area contributed by atoms with Gasteiger partial charge in [0.25, 0.3) is 0 Å². The molecule has 0 radical (unpaired) electrons. The number of ether oxygens (including phenoxy) is 1. The van der Waals surface area contributed by atoms with Crippen molar-refractivity contribution in [3.63, 3.8) is 0 Å². The molecule has 0 unspecified atom stereocenters. The van der Waals surface area contributed by atoms with Crippen molar-refractivity contribution in [3.05, 3.63) is 59.3 Å². The van der Waals surface area contributed by atoms with Gasteiger partial charge in [-0.25, -0.2) is 9.78 Å². The van der Waals surface area contributed by atoms with E-state index in [-0.39, 0.29) is 0 Å². The van der Waals surface area contributed by atoms with Crippen LogP contribution in [0.2, 0.25) is 0 Å². The number of pyridine rings is 1. The van der Waals surface area contributed by atoms with Crippen molar-refractivity contribution in [2.24, 2.45) is 0 Å². The van der Waals surface area contributed by atoms with Crippen LogP contribution in [0, 0.1) is 6.92 Å². The summed E-state index contributed by atoms with van der Waals surface area (Å²) in [5.74, 6) is 0.847. The fourth-order valence-corrected chi connectivity index (χ4v) is 2.18. The number of aryl methyl sites for hydroxylation is 1. The van der Waals surface area contributed by atoms with Crippen LogP contribution >= 0.6 is 0 Å². The summed E-state index contributed by atoms with van der Waals surface area (Å²) in [5, 5.41) is 6.07. The smallest absolute Gasteiger partial charge is 0.407 e. The van der Waals surface area contributed by atoms with Gasteiger partial charge in [-0.1, -0.05) is 30.3 Å². The normalized spacial score (nSPS) is 11.0. The summed E-state index contributed by atoms with van der Waals surface area (Å²) in [7, 11) is 0. The summed E-state index contributed by atoms with van der Waals surface area (Å²) >= 11 is 0. The summed E-state index contributed by atoms with van der Waals surface area (Å²) in [5.41, 5.74) is 2.68. The maximum absolute atomic E-state index is 11.7. The van der Waals surface area contributed by atoms with E-state index in [4.69, 9.17) is 4.74 Å². The van der Waals surface area contributed by atoms with E-state index in [9.17, 15) is 4.79 Å². The van der Waals surface area contributed by atoms with E-state index in [2.05, 4.69) is 27.8 Å². The molecule has 5 heteroatoms. The highest BCUT2D eigenvalue weighted by Crippen LogP contribution is 2.14. The number of nitrogens with one attached hydrogen (secondary N) is 2. The van der Waals surface area contributed by atoms with Crippen LogP contribution in [0.15, 0.2) is 42.6 Å². The van der Waals surface area contributed by atoms with Crippen LogP contribution in [0.4, 0.5) is 10.6 Å². The van der Waals surface area contributed by atoms with Crippen LogP contribution in [-0.4, -0.2) is 16.7 Å². The average Bonchev–Trinajstić information content (AvgIpc) is 2.51. The van der Waals surface area contributed by atoms with E-state index in [0.717, 1.165) is 23.5 Å². The van der Waals surface area contributed by atoms with E-state index in [0.29, 0.717) is 6.54 Å². The van der Waals surface area contributed by atoms with Crippen LogP contribution in [-0.2, 0) is 17.8 Å². The minimum Gasteiger partial charge on any atom is -0.444 e. The maximum atomic E-state index is 11.7. The zero-order valence-electron chi connectivity index (χ0n) is 14.7. The number of nitrogens with zero attached hydrogens (tertiary/aromatic N) is 1. The molecule has 0 fully saturated rings. The molecule has 1 heterocycles. The van der Waals surface area contributed by atoms with Crippen LogP contribution in [0.1, 0.15) is 37.5 Å². The molecule has 0 bridgehead atoms. The molecule has 1 aromatic carbocycles. The Morgan fingerprint density at radius 2 is 1.83 bits per heavy atom. The molecular weight excluding hydrogens is 302 g/mol. The molecule has 2 rings (SSSR count). The zero-order valence-corrected chi connectivity index (χ0v) is 14.7. The summed E-state index contributed by atoms with van der Waals surface area (Å²) < 4.78 is 5.22. The van der Waals surface area contributed by atoms with Gasteiger partial charge in [-0.15, -0.1) is 0 Å². The number of carbonyl (C=O) groups is 1. The first kappa shape index (κ1) is 17.8. The molecule has 0 aliphatic rings. The third-order valence-electron chi connectivity index (χ3n) is 3.27. The first-order valence-electron chi connectivity index (χ1n) is 8.04. The predicted molar refractivity (Wildman–Crippen MR) is 95.8 cm³/mol. The molecular formula is C19H25N3O2. The monoisotopic (exact) mass is 327 g/mol. The van der Waals surface area contributed by atoms with Crippen LogP contribution in [0.3, 0.4) is 0 Å². The minimum absolute atomic E-state index is 0.391. The van der Waals surface area contributed by atoms with E-state index < -0.39 is 11.7 Å². The first-order valence-corrected chi connectivity index (χ1v) is 8.04. The molecule has 24 heavy (non-hydrogen) atoms. The Balaban J connectivity index is 1.88. The lowest BCUT2D eigenvalue weighted by Gasteiger charge is -2.19. The molecule has 0 aliphatic carbocycles. The van der Waals surface area contributed by atoms with Gasteiger partial charge in [0.15, 0.2) is 0 Å². The first-order chi connectivity index (χ1) is 11.3. The molecule has 5 nitrogen and oxygen atoms in total. The van der Waals surface area contributed by atoms with Gasteiger partial charge in [0.2, 0.25) is 0 Å². The van der Waals surface area contributed by atoms with Gasteiger partial charge < -0.3 is 15.4 Å². The van der Waals surface area contributed by atoms with Crippen molar-refractivity contribution >= 4 is 11.9 Å². The number of hydrogen-bond donors (Lipinski definition) is 2. The molecule has 128 valence electrons. The number of amides is 1. The van der Waals surface area contributed by atoms with Gasteiger partial charge in [0, 0.05) is 19.3 Å². The van der Waals surface area contributed by atoms with E-state index >= 15 is 0 Å². The molecule has 2 N–H and O–H groups in total. The van der Waals surface area contributed by atoms with Gasteiger partial charge in [-0.3, -0.25) is 0 Å². The highest BCUT2D eigenvalue weighted by Gasteiger charge is 2.15.